The molecule has 2 aromatic heterocycles. The van der Waals surface area contributed by atoms with Crippen molar-refractivity contribution in [3.05, 3.63) is 41.5 Å². The fraction of sp³-hybridized carbons (Fsp3) is 0.588. The van der Waals surface area contributed by atoms with Gasteiger partial charge >= 0.3 is 0 Å². The number of pyridine rings is 1. The fourth-order valence-corrected chi connectivity index (χ4v) is 3.14. The van der Waals surface area contributed by atoms with Gasteiger partial charge in [-0.25, -0.2) is 0 Å². The topological polar surface area (TPSA) is 59.3 Å². The molecule has 3 heterocycles. The molecule has 24 heavy (non-hydrogen) atoms. The van der Waals surface area contributed by atoms with Crippen LogP contribution in [0.25, 0.3) is 0 Å². The van der Waals surface area contributed by atoms with Crippen LogP contribution in [0.15, 0.2) is 24.4 Å². The Hall–Kier alpha value is -1.83. The van der Waals surface area contributed by atoms with Crippen molar-refractivity contribution in [1.82, 2.24) is 29.8 Å². The molecule has 7 heteroatoms. The van der Waals surface area contributed by atoms with Crippen LogP contribution in [0.2, 0.25) is 0 Å². The number of aryl methyl sites for hydroxylation is 1. The van der Waals surface area contributed by atoms with E-state index in [4.69, 9.17) is 4.74 Å². The molecule has 130 valence electrons. The summed E-state index contributed by atoms with van der Waals surface area (Å²) in [5.41, 5.74) is 3.34. The van der Waals surface area contributed by atoms with E-state index >= 15 is 0 Å². The van der Waals surface area contributed by atoms with E-state index in [0.29, 0.717) is 12.5 Å². The number of rotatable bonds is 7. The average Bonchev–Trinajstić information content (AvgIpc) is 2.93. The highest BCUT2D eigenvalue weighted by Crippen LogP contribution is 2.27. The van der Waals surface area contributed by atoms with Gasteiger partial charge < -0.3 is 9.64 Å². The van der Waals surface area contributed by atoms with Crippen molar-refractivity contribution in [2.24, 2.45) is 7.05 Å². The summed E-state index contributed by atoms with van der Waals surface area (Å²) in [6, 6.07) is 6.04. The Morgan fingerprint density at radius 3 is 2.96 bits per heavy atom. The average molecular weight is 330 g/mol. The molecular weight excluding hydrogens is 304 g/mol. The van der Waals surface area contributed by atoms with E-state index in [1.165, 1.54) is 5.69 Å². The number of fused-ring (bicyclic) bond motifs is 1. The van der Waals surface area contributed by atoms with Gasteiger partial charge in [0.25, 0.3) is 0 Å². The first kappa shape index (κ1) is 17.0. The number of likely N-dealkylation sites (N-methyl/N-ethyl adjacent to an activating group) is 1. The monoisotopic (exact) mass is 330 g/mol. The van der Waals surface area contributed by atoms with E-state index in [-0.39, 0.29) is 0 Å². The molecule has 0 aromatic carbocycles. The van der Waals surface area contributed by atoms with Gasteiger partial charge in [0.15, 0.2) is 0 Å². The Bertz CT molecular complexity index is 642. The van der Waals surface area contributed by atoms with E-state index in [9.17, 15) is 0 Å². The van der Waals surface area contributed by atoms with Crippen LogP contribution in [0.4, 0.5) is 0 Å². The maximum Gasteiger partial charge on any atom is 0.100 e. The van der Waals surface area contributed by atoms with Crippen LogP contribution in [-0.4, -0.2) is 70.2 Å². The van der Waals surface area contributed by atoms with Crippen LogP contribution in [-0.2, 0) is 24.9 Å². The maximum absolute atomic E-state index is 5.91. The van der Waals surface area contributed by atoms with E-state index in [1.807, 2.05) is 30.1 Å². The van der Waals surface area contributed by atoms with Gasteiger partial charge in [-0.15, -0.1) is 5.10 Å². The van der Waals surface area contributed by atoms with Gasteiger partial charge in [0.1, 0.15) is 5.69 Å². The minimum Gasteiger partial charge on any atom is -0.379 e. The second-order valence-electron chi connectivity index (χ2n) is 6.61. The van der Waals surface area contributed by atoms with Crippen molar-refractivity contribution in [2.75, 3.05) is 40.4 Å². The first-order valence-electron chi connectivity index (χ1n) is 8.36. The fourth-order valence-electron chi connectivity index (χ4n) is 3.14. The molecule has 1 aliphatic rings. The molecule has 0 saturated carbocycles. The quantitative estimate of drug-likeness (QED) is 0.703. The molecule has 1 aliphatic heterocycles. The number of aromatic nitrogens is 4. The van der Waals surface area contributed by atoms with Gasteiger partial charge in [0.05, 0.1) is 24.6 Å². The molecular formula is C17H26N6O. The molecule has 0 amide bonds. The molecule has 7 nitrogen and oxygen atoms in total. The third-order valence-electron chi connectivity index (χ3n) is 4.30. The smallest absolute Gasteiger partial charge is 0.100 e. The molecule has 0 bridgehead atoms. The van der Waals surface area contributed by atoms with Gasteiger partial charge in [-0.3, -0.25) is 14.6 Å². The van der Waals surface area contributed by atoms with Crippen molar-refractivity contribution in [3.8, 4) is 0 Å². The molecule has 0 radical (unpaired) electrons. The first-order valence-corrected chi connectivity index (χ1v) is 8.36. The Balaban J connectivity index is 1.66. The Kier molecular flexibility index (Phi) is 5.55. The van der Waals surface area contributed by atoms with Crippen LogP contribution in [0, 0.1) is 0 Å². The van der Waals surface area contributed by atoms with E-state index < -0.39 is 0 Å². The summed E-state index contributed by atoms with van der Waals surface area (Å²) in [4.78, 5) is 8.94. The molecule has 0 fully saturated rings. The SMILES string of the molecule is CN(C)CCOC[C@@H]1CN(Cc2ccccn2)Cc2nnn(C)c21. The van der Waals surface area contributed by atoms with Crippen molar-refractivity contribution in [2.45, 2.75) is 19.0 Å². The van der Waals surface area contributed by atoms with Gasteiger partial charge in [0, 0.05) is 45.3 Å². The van der Waals surface area contributed by atoms with E-state index in [2.05, 4.69) is 45.3 Å². The Labute approximate surface area is 143 Å². The summed E-state index contributed by atoms with van der Waals surface area (Å²) in [6.45, 7) is 4.94. The number of hydrogen-bond acceptors (Lipinski definition) is 6. The zero-order valence-electron chi connectivity index (χ0n) is 14.7. The van der Waals surface area contributed by atoms with Gasteiger partial charge in [0.2, 0.25) is 0 Å². The van der Waals surface area contributed by atoms with Crippen LogP contribution < -0.4 is 0 Å². The van der Waals surface area contributed by atoms with Crippen LogP contribution in [0.3, 0.4) is 0 Å². The summed E-state index contributed by atoms with van der Waals surface area (Å²) in [7, 11) is 6.08. The van der Waals surface area contributed by atoms with Crippen molar-refractivity contribution in [1.29, 1.82) is 0 Å². The Morgan fingerprint density at radius 2 is 2.21 bits per heavy atom. The summed E-state index contributed by atoms with van der Waals surface area (Å²) < 4.78 is 7.81. The largest absolute Gasteiger partial charge is 0.379 e. The molecule has 1 atom stereocenters. The summed E-state index contributed by atoms with van der Waals surface area (Å²) >= 11 is 0. The second-order valence-corrected chi connectivity index (χ2v) is 6.61. The second kappa shape index (κ2) is 7.83. The molecule has 0 N–H and O–H groups in total. The van der Waals surface area contributed by atoms with Crippen LogP contribution in [0.1, 0.15) is 23.0 Å². The highest BCUT2D eigenvalue weighted by molar-refractivity contribution is 5.20. The van der Waals surface area contributed by atoms with Gasteiger partial charge in [-0.2, -0.15) is 0 Å². The molecule has 3 rings (SSSR count). The molecule has 0 unspecified atom stereocenters. The highest BCUT2D eigenvalue weighted by atomic mass is 16.5. The Morgan fingerprint density at radius 1 is 1.33 bits per heavy atom. The minimum absolute atomic E-state index is 0.291. The lowest BCUT2D eigenvalue weighted by molar-refractivity contribution is 0.0832. The summed E-state index contributed by atoms with van der Waals surface area (Å²) in [5.74, 6) is 0.291. The summed E-state index contributed by atoms with van der Waals surface area (Å²) in [6.07, 6.45) is 1.84. The third kappa shape index (κ3) is 4.17. The number of hydrogen-bond donors (Lipinski definition) is 0. The predicted molar refractivity (Wildman–Crippen MR) is 91.5 cm³/mol. The molecule has 2 aromatic rings. The van der Waals surface area contributed by atoms with Crippen LogP contribution >= 0.6 is 0 Å². The number of nitrogens with zero attached hydrogens (tertiary/aromatic N) is 6. The third-order valence-corrected chi connectivity index (χ3v) is 4.30. The molecule has 0 saturated heterocycles. The molecule has 0 aliphatic carbocycles. The van der Waals surface area contributed by atoms with Crippen molar-refractivity contribution < 1.29 is 4.74 Å². The van der Waals surface area contributed by atoms with Crippen molar-refractivity contribution >= 4 is 0 Å². The normalized spacial score (nSPS) is 18.1. The van der Waals surface area contributed by atoms with E-state index in [0.717, 1.165) is 44.2 Å². The van der Waals surface area contributed by atoms with Gasteiger partial charge in [-0.1, -0.05) is 11.3 Å². The number of ether oxygens (including phenoxy) is 1. The van der Waals surface area contributed by atoms with Gasteiger partial charge in [-0.05, 0) is 26.2 Å². The lowest BCUT2D eigenvalue weighted by Crippen LogP contribution is -2.36. The highest BCUT2D eigenvalue weighted by Gasteiger charge is 2.30. The minimum atomic E-state index is 0.291. The zero-order chi connectivity index (χ0) is 16.9. The lowest BCUT2D eigenvalue weighted by Gasteiger charge is -2.32. The predicted octanol–water partition coefficient (Wildman–Crippen LogP) is 0.888. The van der Waals surface area contributed by atoms with E-state index in [1.54, 1.807) is 0 Å². The standard InChI is InChI=1S/C17H26N6O/c1-21(2)8-9-24-13-14-10-23(11-15-6-4-5-7-18-15)12-16-17(14)22(3)20-19-16/h4-7,14H,8-13H2,1-3H3/t14-/m0/s1. The van der Waals surface area contributed by atoms with Crippen molar-refractivity contribution in [3.63, 3.8) is 0 Å². The maximum atomic E-state index is 5.91. The summed E-state index contributed by atoms with van der Waals surface area (Å²) in [5, 5.41) is 8.55. The zero-order valence-corrected chi connectivity index (χ0v) is 14.7. The first-order chi connectivity index (χ1) is 11.6. The molecule has 0 spiro atoms. The van der Waals surface area contributed by atoms with Crippen LogP contribution in [0.5, 0.6) is 0 Å². The lowest BCUT2D eigenvalue weighted by atomic mass is 9.99.